The van der Waals surface area contributed by atoms with E-state index in [4.69, 9.17) is 0 Å². The zero-order chi connectivity index (χ0) is 16.7. The van der Waals surface area contributed by atoms with E-state index in [2.05, 4.69) is 15.6 Å². The van der Waals surface area contributed by atoms with Crippen molar-refractivity contribution in [3.8, 4) is 0 Å². The summed E-state index contributed by atoms with van der Waals surface area (Å²) in [5.74, 6) is 0.484. The summed E-state index contributed by atoms with van der Waals surface area (Å²) in [4.78, 5) is 26.1. The maximum atomic E-state index is 11.8. The average molecular weight is 314 g/mol. The summed E-state index contributed by atoms with van der Waals surface area (Å²) >= 11 is 0. The van der Waals surface area contributed by atoms with Gasteiger partial charge in [0.05, 0.1) is 4.92 Å². The molecule has 0 aliphatic carbocycles. The van der Waals surface area contributed by atoms with Crippen molar-refractivity contribution >= 4 is 17.4 Å². The largest absolute Gasteiger partial charge is 0.370 e. The number of aromatic nitrogens is 1. The molecule has 0 atom stereocenters. The van der Waals surface area contributed by atoms with E-state index in [1.54, 1.807) is 25.1 Å². The van der Waals surface area contributed by atoms with E-state index in [1.165, 1.54) is 6.20 Å². The van der Waals surface area contributed by atoms with Crippen molar-refractivity contribution in [3.05, 3.63) is 63.8 Å². The van der Waals surface area contributed by atoms with Crippen molar-refractivity contribution in [2.24, 2.45) is 0 Å². The van der Waals surface area contributed by atoms with Gasteiger partial charge in [0.1, 0.15) is 12.0 Å². The molecule has 0 unspecified atom stereocenters. The van der Waals surface area contributed by atoms with E-state index in [0.717, 1.165) is 6.42 Å². The maximum Gasteiger partial charge on any atom is 0.290 e. The lowest BCUT2D eigenvalue weighted by atomic mass is 10.2. The lowest BCUT2D eigenvalue weighted by Crippen LogP contribution is -2.25. The summed E-state index contributed by atoms with van der Waals surface area (Å²) in [6.45, 7) is 2.82. The van der Waals surface area contributed by atoms with Gasteiger partial charge in [0.25, 0.3) is 11.6 Å². The lowest BCUT2D eigenvalue weighted by Gasteiger charge is -2.08. The van der Waals surface area contributed by atoms with Gasteiger partial charge in [-0.05, 0) is 31.5 Å². The van der Waals surface area contributed by atoms with Crippen LogP contribution in [0.2, 0.25) is 0 Å². The third-order valence-electron chi connectivity index (χ3n) is 3.26. The predicted molar refractivity (Wildman–Crippen MR) is 87.5 cm³/mol. The van der Waals surface area contributed by atoms with Crippen molar-refractivity contribution in [1.82, 2.24) is 10.3 Å². The van der Waals surface area contributed by atoms with E-state index in [1.807, 2.05) is 18.2 Å². The number of amides is 1. The Morgan fingerprint density at radius 2 is 2.00 bits per heavy atom. The number of nitrogens with zero attached hydrogens (tertiary/aromatic N) is 2. The topological polar surface area (TPSA) is 97.2 Å². The molecule has 0 aliphatic rings. The van der Waals surface area contributed by atoms with E-state index in [9.17, 15) is 14.9 Å². The van der Waals surface area contributed by atoms with E-state index >= 15 is 0 Å². The van der Waals surface area contributed by atoms with Crippen molar-refractivity contribution in [1.29, 1.82) is 0 Å². The molecule has 0 aliphatic heterocycles. The fourth-order valence-electron chi connectivity index (χ4n) is 2.03. The molecule has 1 aromatic heterocycles. The van der Waals surface area contributed by atoms with Crippen LogP contribution in [0.4, 0.5) is 11.5 Å². The second-order valence-corrected chi connectivity index (χ2v) is 5.02. The van der Waals surface area contributed by atoms with Crippen molar-refractivity contribution in [2.45, 2.75) is 13.3 Å². The number of hydrogen-bond donors (Lipinski definition) is 2. The zero-order valence-electron chi connectivity index (χ0n) is 12.8. The van der Waals surface area contributed by atoms with Gasteiger partial charge in [-0.25, -0.2) is 4.98 Å². The minimum Gasteiger partial charge on any atom is -0.370 e. The first-order valence-electron chi connectivity index (χ1n) is 7.26. The quantitative estimate of drug-likeness (QED) is 0.465. The normalized spacial score (nSPS) is 10.1. The van der Waals surface area contributed by atoms with Crippen LogP contribution in [0.5, 0.6) is 0 Å². The summed E-state index contributed by atoms with van der Waals surface area (Å²) in [6.07, 6.45) is 1.96. The molecule has 2 N–H and O–H groups in total. The first-order chi connectivity index (χ1) is 11.1. The Balaban J connectivity index is 1.72. The molecular weight excluding hydrogens is 296 g/mol. The molecule has 0 radical (unpaired) electrons. The van der Waals surface area contributed by atoms with Gasteiger partial charge >= 0.3 is 0 Å². The highest BCUT2D eigenvalue weighted by molar-refractivity contribution is 5.94. The number of carbonyl (C=O) groups excluding carboxylic acids is 1. The van der Waals surface area contributed by atoms with Gasteiger partial charge in [-0.3, -0.25) is 14.9 Å². The highest BCUT2D eigenvalue weighted by atomic mass is 16.6. The van der Waals surface area contributed by atoms with Gasteiger partial charge in [0.15, 0.2) is 0 Å². The first kappa shape index (κ1) is 16.4. The number of benzene rings is 1. The van der Waals surface area contributed by atoms with E-state index in [-0.39, 0.29) is 11.6 Å². The third-order valence-corrected chi connectivity index (χ3v) is 3.26. The van der Waals surface area contributed by atoms with Gasteiger partial charge in [-0.1, -0.05) is 18.2 Å². The summed E-state index contributed by atoms with van der Waals surface area (Å²) in [7, 11) is 0. The summed E-state index contributed by atoms with van der Waals surface area (Å²) in [6, 6.07) is 10.7. The molecule has 1 amide bonds. The Bertz CT molecular complexity index is 689. The second kappa shape index (κ2) is 7.88. The number of nitro groups is 1. The van der Waals surface area contributed by atoms with Crippen LogP contribution < -0.4 is 10.6 Å². The molecule has 0 fully saturated rings. The fourth-order valence-corrected chi connectivity index (χ4v) is 2.03. The SMILES string of the molecule is Cc1cc(NCCCNC(=O)c2ccccc2)ncc1[N+](=O)[O-]. The van der Waals surface area contributed by atoms with Gasteiger partial charge in [0, 0.05) is 24.2 Å². The maximum absolute atomic E-state index is 11.8. The van der Waals surface area contributed by atoms with Crippen LogP contribution in [-0.4, -0.2) is 28.9 Å². The van der Waals surface area contributed by atoms with Crippen molar-refractivity contribution < 1.29 is 9.72 Å². The molecule has 1 aromatic carbocycles. The summed E-state index contributed by atoms with van der Waals surface area (Å²) in [5.41, 5.74) is 1.20. The Morgan fingerprint density at radius 3 is 2.65 bits per heavy atom. The van der Waals surface area contributed by atoms with Gasteiger partial charge < -0.3 is 10.6 Å². The van der Waals surface area contributed by atoms with Crippen molar-refractivity contribution in [3.63, 3.8) is 0 Å². The molecule has 0 bridgehead atoms. The highest BCUT2D eigenvalue weighted by Crippen LogP contribution is 2.18. The highest BCUT2D eigenvalue weighted by Gasteiger charge is 2.11. The molecule has 23 heavy (non-hydrogen) atoms. The predicted octanol–water partition coefficient (Wildman–Crippen LogP) is 2.53. The number of pyridine rings is 1. The molecular formula is C16H18N4O3. The van der Waals surface area contributed by atoms with Crippen LogP contribution in [0, 0.1) is 17.0 Å². The minimum absolute atomic E-state index is 0.00525. The average Bonchev–Trinajstić information content (AvgIpc) is 2.55. The van der Waals surface area contributed by atoms with E-state index < -0.39 is 4.92 Å². The number of carbonyl (C=O) groups is 1. The van der Waals surface area contributed by atoms with Crippen molar-refractivity contribution in [2.75, 3.05) is 18.4 Å². The Morgan fingerprint density at radius 1 is 1.26 bits per heavy atom. The summed E-state index contributed by atoms with van der Waals surface area (Å²) in [5, 5.41) is 16.6. The van der Waals surface area contributed by atoms with Crippen LogP contribution >= 0.6 is 0 Å². The van der Waals surface area contributed by atoms with E-state index in [0.29, 0.717) is 30.0 Å². The Labute approximate surface area is 133 Å². The standard InChI is InChI=1S/C16H18N4O3/c1-12-10-15(19-11-14(12)20(22)23)17-8-5-9-18-16(21)13-6-3-2-4-7-13/h2-4,6-7,10-11H,5,8-9H2,1H3,(H,17,19)(H,18,21). The molecule has 0 saturated heterocycles. The summed E-state index contributed by atoms with van der Waals surface area (Å²) < 4.78 is 0. The van der Waals surface area contributed by atoms with Crippen LogP contribution in [0.1, 0.15) is 22.3 Å². The number of nitrogens with one attached hydrogen (secondary N) is 2. The number of aryl methyl sites for hydroxylation is 1. The number of hydrogen-bond acceptors (Lipinski definition) is 5. The number of rotatable bonds is 7. The molecule has 7 heteroatoms. The molecule has 7 nitrogen and oxygen atoms in total. The third kappa shape index (κ3) is 4.77. The zero-order valence-corrected chi connectivity index (χ0v) is 12.8. The smallest absolute Gasteiger partial charge is 0.290 e. The molecule has 0 saturated carbocycles. The first-order valence-corrected chi connectivity index (χ1v) is 7.26. The molecule has 0 spiro atoms. The Hall–Kier alpha value is -2.96. The Kier molecular flexibility index (Phi) is 5.62. The number of anilines is 1. The van der Waals surface area contributed by atoms with Crippen LogP contribution in [0.3, 0.4) is 0 Å². The van der Waals surface area contributed by atoms with Crippen LogP contribution in [0.15, 0.2) is 42.6 Å². The van der Waals surface area contributed by atoms with Gasteiger partial charge in [-0.2, -0.15) is 0 Å². The molecule has 2 aromatic rings. The second-order valence-electron chi connectivity index (χ2n) is 5.02. The molecule has 2 rings (SSSR count). The minimum atomic E-state index is -0.453. The monoisotopic (exact) mass is 314 g/mol. The van der Waals surface area contributed by atoms with Crippen LogP contribution in [0.25, 0.3) is 0 Å². The molecule has 1 heterocycles. The fraction of sp³-hybridized carbons (Fsp3) is 0.250. The van der Waals surface area contributed by atoms with Crippen LogP contribution in [-0.2, 0) is 0 Å². The lowest BCUT2D eigenvalue weighted by molar-refractivity contribution is -0.385. The van der Waals surface area contributed by atoms with Gasteiger partial charge in [0.2, 0.25) is 0 Å². The van der Waals surface area contributed by atoms with Gasteiger partial charge in [-0.15, -0.1) is 0 Å². The molecule has 120 valence electrons.